The van der Waals surface area contributed by atoms with E-state index in [9.17, 15) is 19.2 Å². The second kappa shape index (κ2) is 9.94. The quantitative estimate of drug-likeness (QED) is 0.568. The van der Waals surface area contributed by atoms with E-state index < -0.39 is 29.6 Å². The van der Waals surface area contributed by atoms with Crippen LogP contribution in [0.2, 0.25) is 0 Å². The number of carbonyl (C=O) groups excluding carboxylic acids is 4. The summed E-state index contributed by atoms with van der Waals surface area (Å²) in [6.45, 7) is 5.92. The molecule has 10 heteroatoms. The van der Waals surface area contributed by atoms with Gasteiger partial charge in [0.2, 0.25) is 11.8 Å². The highest BCUT2D eigenvalue weighted by Crippen LogP contribution is 2.20. The molecule has 2 rings (SSSR count). The van der Waals surface area contributed by atoms with Crippen LogP contribution in [0.1, 0.15) is 44.2 Å². The van der Waals surface area contributed by atoms with Gasteiger partial charge in [-0.1, -0.05) is 0 Å². The average Bonchev–Trinajstić information content (AvgIpc) is 3.33. The fourth-order valence-electron chi connectivity index (χ4n) is 2.80. The van der Waals surface area contributed by atoms with E-state index >= 15 is 0 Å². The minimum Gasteiger partial charge on any atom is -0.459 e. The topological polar surface area (TPSA) is 130 Å². The Bertz CT molecular complexity index is 726. The number of carbonyl (C=O) groups is 4. The fraction of sp³-hybridized carbons (Fsp3) is 0.579. The van der Waals surface area contributed by atoms with Crippen LogP contribution in [0.3, 0.4) is 0 Å². The van der Waals surface area contributed by atoms with Gasteiger partial charge < -0.3 is 25.1 Å². The smallest absolute Gasteiger partial charge is 0.410 e. The molecule has 0 bridgehead atoms. The van der Waals surface area contributed by atoms with Gasteiger partial charge in [-0.25, -0.2) is 4.79 Å². The number of nitrogens with zero attached hydrogens (tertiary/aromatic N) is 1. The summed E-state index contributed by atoms with van der Waals surface area (Å²) in [5.74, 6) is -0.974. The molecule has 0 unspecified atom stereocenters. The van der Waals surface area contributed by atoms with Gasteiger partial charge in [0.15, 0.2) is 5.76 Å². The van der Waals surface area contributed by atoms with Crippen LogP contribution >= 0.6 is 0 Å². The third-order valence-corrected chi connectivity index (χ3v) is 4.08. The molecule has 4 amide bonds. The third-order valence-electron chi connectivity index (χ3n) is 4.08. The molecule has 1 saturated heterocycles. The molecule has 10 nitrogen and oxygen atoms in total. The molecule has 0 radical (unpaired) electrons. The van der Waals surface area contributed by atoms with Crippen LogP contribution < -0.4 is 16.0 Å². The third kappa shape index (κ3) is 7.13. The maximum Gasteiger partial charge on any atom is 0.410 e. The first kappa shape index (κ1) is 22.3. The Morgan fingerprint density at radius 3 is 2.55 bits per heavy atom. The number of likely N-dealkylation sites (tertiary alicyclic amines) is 1. The van der Waals surface area contributed by atoms with Crippen LogP contribution in [0.4, 0.5) is 4.79 Å². The Morgan fingerprint density at radius 1 is 1.17 bits per heavy atom. The molecule has 29 heavy (non-hydrogen) atoms. The highest BCUT2D eigenvalue weighted by molar-refractivity contribution is 5.91. The van der Waals surface area contributed by atoms with Gasteiger partial charge in [0.1, 0.15) is 11.6 Å². The highest BCUT2D eigenvalue weighted by atomic mass is 16.6. The largest absolute Gasteiger partial charge is 0.459 e. The first-order valence-corrected chi connectivity index (χ1v) is 9.53. The Labute approximate surface area is 169 Å². The Kier molecular flexibility index (Phi) is 7.63. The number of nitrogens with one attached hydrogen (secondary N) is 3. The van der Waals surface area contributed by atoms with Crippen LogP contribution in [0.15, 0.2) is 22.8 Å². The zero-order valence-electron chi connectivity index (χ0n) is 16.9. The standard InChI is InChI=1S/C19H28N4O6/c1-19(2,3)29-18(27)23-10-4-6-13(23)16(25)22-12-15(24)20-8-9-21-17(26)14-7-5-11-28-14/h5,7,11,13H,4,6,8-10,12H2,1-3H3,(H,20,24)(H,21,26)(H,22,25)/t13-/m1/s1. The molecule has 1 aromatic rings. The number of hydrogen-bond donors (Lipinski definition) is 3. The van der Waals surface area contributed by atoms with Crippen LogP contribution in [-0.4, -0.2) is 66.5 Å². The maximum absolute atomic E-state index is 12.4. The van der Waals surface area contributed by atoms with Crippen molar-refractivity contribution in [3.8, 4) is 0 Å². The predicted molar refractivity (Wildman–Crippen MR) is 103 cm³/mol. The van der Waals surface area contributed by atoms with E-state index in [2.05, 4.69) is 16.0 Å². The second-order valence-electron chi connectivity index (χ2n) is 7.63. The first-order valence-electron chi connectivity index (χ1n) is 9.53. The Balaban J connectivity index is 1.67. The molecular weight excluding hydrogens is 380 g/mol. The van der Waals surface area contributed by atoms with Crippen molar-refractivity contribution in [1.29, 1.82) is 0 Å². The monoisotopic (exact) mass is 408 g/mol. The van der Waals surface area contributed by atoms with E-state index in [1.165, 1.54) is 17.2 Å². The number of amides is 4. The lowest BCUT2D eigenvalue weighted by Crippen LogP contribution is -2.49. The lowest BCUT2D eigenvalue weighted by molar-refractivity contribution is -0.128. The van der Waals surface area contributed by atoms with Crippen molar-refractivity contribution in [3.05, 3.63) is 24.2 Å². The molecular formula is C19H28N4O6. The molecule has 1 aromatic heterocycles. The zero-order chi connectivity index (χ0) is 21.4. The van der Waals surface area contributed by atoms with Gasteiger partial charge in [-0.05, 0) is 45.7 Å². The zero-order valence-corrected chi connectivity index (χ0v) is 16.9. The van der Waals surface area contributed by atoms with Crippen LogP contribution in [-0.2, 0) is 14.3 Å². The lowest BCUT2D eigenvalue weighted by atomic mass is 10.2. The minimum absolute atomic E-state index is 0.190. The molecule has 1 fully saturated rings. The molecule has 1 aliphatic heterocycles. The average molecular weight is 408 g/mol. The molecule has 1 atom stereocenters. The SMILES string of the molecule is CC(C)(C)OC(=O)N1CCC[C@@H]1C(=O)NCC(=O)NCCNC(=O)c1ccco1. The normalized spacial score (nSPS) is 16.2. The minimum atomic E-state index is -0.648. The molecule has 3 N–H and O–H groups in total. The number of rotatable bonds is 7. The van der Waals surface area contributed by atoms with Crippen molar-refractivity contribution in [3.63, 3.8) is 0 Å². The van der Waals surface area contributed by atoms with Gasteiger partial charge in [0.25, 0.3) is 5.91 Å². The lowest BCUT2D eigenvalue weighted by Gasteiger charge is -2.28. The molecule has 0 saturated carbocycles. The van der Waals surface area contributed by atoms with Gasteiger partial charge in [0.05, 0.1) is 12.8 Å². The van der Waals surface area contributed by atoms with E-state index in [1.54, 1.807) is 26.8 Å². The van der Waals surface area contributed by atoms with Gasteiger partial charge in [0, 0.05) is 19.6 Å². The Hall–Kier alpha value is -3.04. The van der Waals surface area contributed by atoms with E-state index in [0.717, 1.165) is 0 Å². The van der Waals surface area contributed by atoms with Crippen LogP contribution in [0, 0.1) is 0 Å². The van der Waals surface area contributed by atoms with E-state index in [1.807, 2.05) is 0 Å². The van der Waals surface area contributed by atoms with Crippen molar-refractivity contribution < 1.29 is 28.3 Å². The summed E-state index contributed by atoms with van der Waals surface area (Å²) in [5.41, 5.74) is -0.646. The first-order chi connectivity index (χ1) is 13.7. The number of ether oxygens (including phenoxy) is 1. The van der Waals surface area contributed by atoms with E-state index in [0.29, 0.717) is 19.4 Å². The van der Waals surface area contributed by atoms with Gasteiger partial charge in [-0.2, -0.15) is 0 Å². The summed E-state index contributed by atoms with van der Waals surface area (Å²) in [6.07, 6.45) is 2.07. The molecule has 2 heterocycles. The fourth-order valence-corrected chi connectivity index (χ4v) is 2.80. The summed E-state index contributed by atoms with van der Waals surface area (Å²) < 4.78 is 10.3. The van der Waals surface area contributed by atoms with Crippen molar-refractivity contribution in [2.45, 2.75) is 45.3 Å². The molecule has 0 aromatic carbocycles. The Morgan fingerprint density at radius 2 is 1.90 bits per heavy atom. The van der Waals surface area contributed by atoms with E-state index in [-0.39, 0.29) is 31.3 Å². The summed E-state index contributed by atoms with van der Waals surface area (Å²) in [5, 5.41) is 7.73. The van der Waals surface area contributed by atoms with Crippen molar-refractivity contribution in [1.82, 2.24) is 20.9 Å². The van der Waals surface area contributed by atoms with Crippen molar-refractivity contribution in [2.24, 2.45) is 0 Å². The maximum atomic E-state index is 12.4. The highest BCUT2D eigenvalue weighted by Gasteiger charge is 2.36. The summed E-state index contributed by atoms with van der Waals surface area (Å²) in [4.78, 5) is 49.5. The number of hydrogen-bond acceptors (Lipinski definition) is 6. The second-order valence-corrected chi connectivity index (χ2v) is 7.63. The summed E-state index contributed by atoms with van der Waals surface area (Å²) in [6, 6.07) is 2.49. The predicted octanol–water partition coefficient (Wildman–Crippen LogP) is 0.641. The van der Waals surface area contributed by atoms with Gasteiger partial charge >= 0.3 is 6.09 Å². The van der Waals surface area contributed by atoms with E-state index in [4.69, 9.17) is 9.15 Å². The molecule has 160 valence electrons. The van der Waals surface area contributed by atoms with Gasteiger partial charge in [-0.3, -0.25) is 19.3 Å². The van der Waals surface area contributed by atoms with Crippen molar-refractivity contribution >= 4 is 23.8 Å². The van der Waals surface area contributed by atoms with Gasteiger partial charge in [-0.15, -0.1) is 0 Å². The molecule has 1 aliphatic rings. The van der Waals surface area contributed by atoms with Crippen LogP contribution in [0.25, 0.3) is 0 Å². The number of furan rings is 1. The van der Waals surface area contributed by atoms with Crippen molar-refractivity contribution in [2.75, 3.05) is 26.2 Å². The summed E-state index contributed by atoms with van der Waals surface area (Å²) >= 11 is 0. The van der Waals surface area contributed by atoms with Crippen LogP contribution in [0.5, 0.6) is 0 Å². The molecule has 0 aliphatic carbocycles. The molecule has 0 spiro atoms. The summed E-state index contributed by atoms with van der Waals surface area (Å²) in [7, 11) is 0.